The molecule has 1 aromatic carbocycles. The van der Waals surface area contributed by atoms with Crippen molar-refractivity contribution in [3.8, 4) is 5.75 Å². The van der Waals surface area contributed by atoms with Gasteiger partial charge in [-0.05, 0) is 24.1 Å². The normalized spacial score (nSPS) is 15.7. The van der Waals surface area contributed by atoms with Crippen molar-refractivity contribution >= 4 is 17.2 Å². The summed E-state index contributed by atoms with van der Waals surface area (Å²) in [6.45, 7) is 5.71. The average molecular weight is 308 g/mol. The third-order valence-corrected chi connectivity index (χ3v) is 4.00. The molecule has 1 heterocycles. The first-order valence-corrected chi connectivity index (χ1v) is 7.88. The second-order valence-corrected chi connectivity index (χ2v) is 5.64. The van der Waals surface area contributed by atoms with E-state index in [4.69, 9.17) is 21.7 Å². The molecule has 0 atom stereocenters. The van der Waals surface area contributed by atoms with Crippen molar-refractivity contribution in [1.29, 1.82) is 0 Å². The van der Waals surface area contributed by atoms with E-state index in [1.165, 1.54) is 5.56 Å². The van der Waals surface area contributed by atoms with Gasteiger partial charge >= 0.3 is 0 Å². The van der Waals surface area contributed by atoms with Gasteiger partial charge in [0.2, 0.25) is 0 Å². The smallest absolute Gasteiger partial charge is 0.118 e. The number of thiocarbonyl (C=S) groups is 1. The van der Waals surface area contributed by atoms with E-state index < -0.39 is 0 Å². The Morgan fingerprint density at radius 1 is 1.29 bits per heavy atom. The Bertz CT molecular complexity index is 430. The molecule has 0 amide bonds. The van der Waals surface area contributed by atoms with Gasteiger partial charge in [-0.3, -0.25) is 4.90 Å². The van der Waals surface area contributed by atoms with Gasteiger partial charge in [-0.1, -0.05) is 24.4 Å². The fourth-order valence-corrected chi connectivity index (χ4v) is 2.52. The number of rotatable bonds is 7. The number of benzene rings is 1. The summed E-state index contributed by atoms with van der Waals surface area (Å²) in [4.78, 5) is 3.35. The average Bonchev–Trinajstić information content (AvgIpc) is 2.54. The van der Waals surface area contributed by atoms with E-state index in [1.807, 2.05) is 12.1 Å². The van der Waals surface area contributed by atoms with Crippen LogP contribution >= 0.6 is 12.2 Å². The van der Waals surface area contributed by atoms with Crippen LogP contribution in [0.2, 0.25) is 0 Å². The quantitative estimate of drug-likeness (QED) is 0.778. The minimum Gasteiger partial charge on any atom is -0.497 e. The lowest BCUT2D eigenvalue weighted by atomic mass is 10.1. The van der Waals surface area contributed by atoms with Crippen LogP contribution in [-0.4, -0.2) is 56.4 Å². The highest BCUT2D eigenvalue weighted by Crippen LogP contribution is 2.12. The highest BCUT2D eigenvalue weighted by Gasteiger charge is 2.09. The van der Waals surface area contributed by atoms with E-state index in [-0.39, 0.29) is 0 Å². The van der Waals surface area contributed by atoms with Crippen molar-refractivity contribution in [3.05, 3.63) is 29.8 Å². The van der Waals surface area contributed by atoms with Gasteiger partial charge in [0.05, 0.1) is 25.3 Å². The molecule has 5 heteroatoms. The first-order chi connectivity index (χ1) is 10.3. The molecule has 1 aliphatic rings. The number of nitrogens with one attached hydrogen (secondary N) is 1. The second kappa shape index (κ2) is 8.97. The predicted molar refractivity (Wildman–Crippen MR) is 89.2 cm³/mol. The van der Waals surface area contributed by atoms with Crippen LogP contribution in [0.1, 0.15) is 12.0 Å². The summed E-state index contributed by atoms with van der Waals surface area (Å²) < 4.78 is 10.5. The third-order valence-electron chi connectivity index (χ3n) is 3.65. The number of methoxy groups -OCH3 is 1. The molecule has 1 aliphatic heterocycles. The standard InChI is InChI=1S/C16H24N2O2S/c1-19-15-5-2-14(3-6-15)4-7-16(21)17-8-9-18-10-12-20-13-11-18/h2-3,5-6H,4,7-13H2,1H3,(H,17,21). The maximum Gasteiger partial charge on any atom is 0.118 e. The molecule has 116 valence electrons. The van der Waals surface area contributed by atoms with E-state index in [2.05, 4.69) is 22.3 Å². The molecule has 0 bridgehead atoms. The van der Waals surface area contributed by atoms with Crippen LogP contribution in [0.5, 0.6) is 5.75 Å². The molecule has 0 saturated carbocycles. The van der Waals surface area contributed by atoms with Crippen molar-refractivity contribution < 1.29 is 9.47 Å². The molecule has 1 N–H and O–H groups in total. The Balaban J connectivity index is 1.60. The summed E-state index contributed by atoms with van der Waals surface area (Å²) in [5.74, 6) is 0.893. The number of aryl methyl sites for hydroxylation is 1. The Morgan fingerprint density at radius 2 is 2.00 bits per heavy atom. The molecule has 1 saturated heterocycles. The summed E-state index contributed by atoms with van der Waals surface area (Å²) in [6, 6.07) is 8.17. The van der Waals surface area contributed by atoms with E-state index in [1.54, 1.807) is 7.11 Å². The van der Waals surface area contributed by atoms with Crippen LogP contribution in [0.4, 0.5) is 0 Å². The van der Waals surface area contributed by atoms with Crippen LogP contribution in [0.25, 0.3) is 0 Å². The molecule has 0 unspecified atom stereocenters. The molecule has 0 spiro atoms. The van der Waals surface area contributed by atoms with E-state index in [0.29, 0.717) is 0 Å². The van der Waals surface area contributed by atoms with Gasteiger partial charge in [-0.25, -0.2) is 0 Å². The molecule has 4 nitrogen and oxygen atoms in total. The number of morpholine rings is 1. The Hall–Kier alpha value is -1.17. The largest absolute Gasteiger partial charge is 0.497 e. The summed E-state index contributed by atoms with van der Waals surface area (Å²) in [5.41, 5.74) is 1.29. The van der Waals surface area contributed by atoms with Gasteiger partial charge < -0.3 is 14.8 Å². The van der Waals surface area contributed by atoms with Crippen molar-refractivity contribution in [2.45, 2.75) is 12.8 Å². The molecule has 2 rings (SSSR count). The van der Waals surface area contributed by atoms with Crippen molar-refractivity contribution in [2.75, 3.05) is 46.5 Å². The van der Waals surface area contributed by atoms with Crippen LogP contribution in [-0.2, 0) is 11.2 Å². The number of nitrogens with zero attached hydrogens (tertiary/aromatic N) is 1. The predicted octanol–water partition coefficient (Wildman–Crippen LogP) is 1.88. The maximum absolute atomic E-state index is 5.39. The summed E-state index contributed by atoms with van der Waals surface area (Å²) >= 11 is 5.39. The fourth-order valence-electron chi connectivity index (χ4n) is 2.32. The molecular formula is C16H24N2O2S. The number of ether oxygens (including phenoxy) is 2. The summed E-state index contributed by atoms with van der Waals surface area (Å²) in [5, 5.41) is 3.35. The van der Waals surface area contributed by atoms with Gasteiger partial charge in [-0.15, -0.1) is 0 Å². The first-order valence-electron chi connectivity index (χ1n) is 7.47. The minimum atomic E-state index is 0.849. The lowest BCUT2D eigenvalue weighted by molar-refractivity contribution is 0.0389. The lowest BCUT2D eigenvalue weighted by Gasteiger charge is -2.26. The van der Waals surface area contributed by atoms with E-state index in [9.17, 15) is 0 Å². The summed E-state index contributed by atoms with van der Waals surface area (Å²) in [7, 11) is 1.68. The number of hydrogen-bond acceptors (Lipinski definition) is 4. The third kappa shape index (κ3) is 5.99. The topological polar surface area (TPSA) is 33.7 Å². The Labute approximate surface area is 132 Å². The zero-order valence-corrected chi connectivity index (χ0v) is 13.5. The fraction of sp³-hybridized carbons (Fsp3) is 0.562. The second-order valence-electron chi connectivity index (χ2n) is 5.15. The molecule has 21 heavy (non-hydrogen) atoms. The van der Waals surface area contributed by atoms with Gasteiger partial charge in [0.1, 0.15) is 5.75 Å². The van der Waals surface area contributed by atoms with Crippen LogP contribution in [0.3, 0.4) is 0 Å². The van der Waals surface area contributed by atoms with Crippen LogP contribution in [0, 0.1) is 0 Å². The minimum absolute atomic E-state index is 0.849. The Kier molecular flexibility index (Phi) is 6.92. The SMILES string of the molecule is COc1ccc(CCC(=S)NCCN2CCOCC2)cc1. The van der Waals surface area contributed by atoms with E-state index >= 15 is 0 Å². The molecule has 0 aliphatic carbocycles. The van der Waals surface area contributed by atoms with Gasteiger partial charge in [0.25, 0.3) is 0 Å². The molecule has 0 radical (unpaired) electrons. The summed E-state index contributed by atoms with van der Waals surface area (Å²) in [6.07, 6.45) is 1.86. The highest BCUT2D eigenvalue weighted by atomic mass is 32.1. The molecular weight excluding hydrogens is 284 g/mol. The monoisotopic (exact) mass is 308 g/mol. The molecule has 1 aromatic rings. The lowest BCUT2D eigenvalue weighted by Crippen LogP contribution is -2.41. The van der Waals surface area contributed by atoms with Crippen molar-refractivity contribution in [1.82, 2.24) is 10.2 Å². The van der Waals surface area contributed by atoms with Gasteiger partial charge in [0, 0.05) is 32.6 Å². The molecule has 1 fully saturated rings. The van der Waals surface area contributed by atoms with Crippen LogP contribution in [0.15, 0.2) is 24.3 Å². The first kappa shape index (κ1) is 16.2. The van der Waals surface area contributed by atoms with Gasteiger partial charge in [-0.2, -0.15) is 0 Å². The highest BCUT2D eigenvalue weighted by molar-refractivity contribution is 7.80. The zero-order valence-electron chi connectivity index (χ0n) is 12.6. The van der Waals surface area contributed by atoms with Crippen LogP contribution < -0.4 is 10.1 Å². The Morgan fingerprint density at radius 3 is 2.67 bits per heavy atom. The van der Waals surface area contributed by atoms with Gasteiger partial charge in [0.15, 0.2) is 0 Å². The van der Waals surface area contributed by atoms with Crippen molar-refractivity contribution in [2.24, 2.45) is 0 Å². The van der Waals surface area contributed by atoms with E-state index in [0.717, 1.165) is 63.0 Å². The van der Waals surface area contributed by atoms with Crippen molar-refractivity contribution in [3.63, 3.8) is 0 Å². The maximum atomic E-state index is 5.39. The molecule has 0 aromatic heterocycles. The zero-order chi connectivity index (χ0) is 14.9. The number of hydrogen-bond donors (Lipinski definition) is 1.